The largest absolute Gasteiger partial charge is 0.497 e. The fourth-order valence-corrected chi connectivity index (χ4v) is 4.03. The molecule has 2 heterocycles. The number of hydrogen-bond acceptors (Lipinski definition) is 5. The normalized spacial score (nSPS) is 11.1. The second-order valence-electron chi connectivity index (χ2n) is 6.24. The summed E-state index contributed by atoms with van der Waals surface area (Å²) in [5.74, 6) is 1.96. The van der Waals surface area contributed by atoms with Crippen LogP contribution in [0.25, 0.3) is 22.3 Å². The van der Waals surface area contributed by atoms with Crippen LogP contribution in [-0.2, 0) is 6.54 Å². The van der Waals surface area contributed by atoms with Crippen LogP contribution in [0.1, 0.15) is 17.3 Å². The number of benzene rings is 2. The van der Waals surface area contributed by atoms with E-state index in [9.17, 15) is 4.79 Å². The van der Waals surface area contributed by atoms with E-state index in [1.165, 1.54) is 11.8 Å². The average molecular weight is 392 g/mol. The van der Waals surface area contributed by atoms with E-state index in [2.05, 4.69) is 15.2 Å². The molecule has 0 saturated carbocycles. The summed E-state index contributed by atoms with van der Waals surface area (Å²) in [4.78, 5) is 15.9. The number of aromatic amines is 1. The highest BCUT2D eigenvalue weighted by Crippen LogP contribution is 2.27. The molecule has 0 amide bonds. The summed E-state index contributed by atoms with van der Waals surface area (Å²) in [6.45, 7) is 2.76. The smallest absolute Gasteiger partial charge is 0.191 e. The number of para-hydroxylation sites is 1. The molecule has 4 aromatic rings. The molecular weight excluding hydrogens is 372 g/mol. The Kier molecular flexibility index (Phi) is 5.16. The number of ether oxygens (including phenoxy) is 1. The number of carbonyl (C=O) groups is 1. The zero-order valence-electron chi connectivity index (χ0n) is 15.7. The van der Waals surface area contributed by atoms with Crippen molar-refractivity contribution >= 4 is 28.4 Å². The lowest BCUT2D eigenvalue weighted by Crippen LogP contribution is -2.04. The molecule has 7 heteroatoms. The number of rotatable bonds is 7. The topological polar surface area (TPSA) is 72.8 Å². The molecule has 0 aliphatic rings. The first-order chi connectivity index (χ1) is 13.7. The maximum Gasteiger partial charge on any atom is 0.191 e. The highest BCUT2D eigenvalue weighted by Gasteiger charge is 2.17. The summed E-state index contributed by atoms with van der Waals surface area (Å²) in [5.41, 5.74) is 2.64. The van der Waals surface area contributed by atoms with E-state index in [0.29, 0.717) is 11.3 Å². The zero-order chi connectivity index (χ0) is 19.5. The lowest BCUT2D eigenvalue weighted by Gasteiger charge is -2.07. The predicted molar refractivity (Wildman–Crippen MR) is 111 cm³/mol. The second-order valence-corrected chi connectivity index (χ2v) is 7.18. The van der Waals surface area contributed by atoms with Crippen LogP contribution < -0.4 is 4.74 Å². The summed E-state index contributed by atoms with van der Waals surface area (Å²) in [5, 5.41) is 10.3. The Hall–Kier alpha value is -3.06. The van der Waals surface area contributed by atoms with E-state index in [4.69, 9.17) is 4.74 Å². The van der Waals surface area contributed by atoms with E-state index < -0.39 is 0 Å². The van der Waals surface area contributed by atoms with Gasteiger partial charge in [-0.2, -0.15) is 0 Å². The van der Waals surface area contributed by atoms with Crippen molar-refractivity contribution in [3.63, 3.8) is 0 Å². The van der Waals surface area contributed by atoms with Crippen LogP contribution in [0.5, 0.6) is 5.75 Å². The van der Waals surface area contributed by atoms with Crippen LogP contribution >= 0.6 is 11.8 Å². The Morgan fingerprint density at radius 1 is 1.14 bits per heavy atom. The molecule has 0 unspecified atom stereocenters. The van der Waals surface area contributed by atoms with Crippen molar-refractivity contribution in [1.29, 1.82) is 0 Å². The van der Waals surface area contributed by atoms with Crippen molar-refractivity contribution in [2.75, 3.05) is 12.9 Å². The lowest BCUT2D eigenvalue weighted by atomic mass is 10.1. The van der Waals surface area contributed by atoms with Gasteiger partial charge in [0.05, 0.1) is 12.9 Å². The Balaban J connectivity index is 1.53. The van der Waals surface area contributed by atoms with Crippen LogP contribution in [-0.4, -0.2) is 38.4 Å². The van der Waals surface area contributed by atoms with Gasteiger partial charge in [-0.3, -0.25) is 4.79 Å². The van der Waals surface area contributed by atoms with Crippen LogP contribution in [0.15, 0.2) is 59.9 Å². The van der Waals surface area contributed by atoms with Gasteiger partial charge in [-0.1, -0.05) is 30.0 Å². The fraction of sp³-hybridized carbons (Fsp3) is 0.190. The quantitative estimate of drug-likeness (QED) is 0.372. The number of fused-ring (bicyclic) bond motifs is 1. The first kappa shape index (κ1) is 18.3. The van der Waals surface area contributed by atoms with Gasteiger partial charge in [-0.05, 0) is 37.3 Å². The number of H-pyrrole nitrogens is 1. The van der Waals surface area contributed by atoms with Gasteiger partial charge in [0.25, 0.3) is 0 Å². The van der Waals surface area contributed by atoms with E-state index in [-0.39, 0.29) is 5.78 Å². The van der Waals surface area contributed by atoms with Crippen LogP contribution in [0.3, 0.4) is 0 Å². The van der Waals surface area contributed by atoms with E-state index >= 15 is 0 Å². The molecular formula is C21H20N4O2S. The molecule has 6 nitrogen and oxygen atoms in total. The minimum absolute atomic E-state index is 0.0686. The third-order valence-corrected chi connectivity index (χ3v) is 5.57. The lowest BCUT2D eigenvalue weighted by molar-refractivity contribution is 0.102. The molecule has 28 heavy (non-hydrogen) atoms. The fourth-order valence-electron chi connectivity index (χ4n) is 3.14. The van der Waals surface area contributed by atoms with Gasteiger partial charge in [-0.15, -0.1) is 10.2 Å². The number of nitrogens with zero attached hydrogens (tertiary/aromatic N) is 3. The Morgan fingerprint density at radius 3 is 2.68 bits per heavy atom. The van der Waals surface area contributed by atoms with Crippen molar-refractivity contribution in [1.82, 2.24) is 19.7 Å². The molecule has 4 rings (SSSR count). The maximum absolute atomic E-state index is 12.7. The molecule has 0 spiro atoms. The summed E-state index contributed by atoms with van der Waals surface area (Å²) in [6.07, 6.45) is 1.78. The minimum Gasteiger partial charge on any atom is -0.497 e. The number of ketones is 1. The number of methoxy groups -OCH3 is 1. The van der Waals surface area contributed by atoms with E-state index in [0.717, 1.165) is 39.7 Å². The average Bonchev–Trinajstić information content (AvgIpc) is 3.36. The van der Waals surface area contributed by atoms with Gasteiger partial charge < -0.3 is 14.3 Å². The van der Waals surface area contributed by atoms with Gasteiger partial charge in [-0.25, -0.2) is 0 Å². The molecule has 0 radical (unpaired) electrons. The summed E-state index contributed by atoms with van der Waals surface area (Å²) < 4.78 is 7.23. The van der Waals surface area contributed by atoms with Crippen molar-refractivity contribution in [3.05, 3.63) is 60.3 Å². The van der Waals surface area contributed by atoms with Gasteiger partial charge in [0.2, 0.25) is 0 Å². The molecule has 0 saturated heterocycles. The Morgan fingerprint density at radius 2 is 1.93 bits per heavy atom. The van der Waals surface area contributed by atoms with Gasteiger partial charge in [0.1, 0.15) is 5.75 Å². The number of thioether (sulfide) groups is 1. The monoisotopic (exact) mass is 392 g/mol. The van der Waals surface area contributed by atoms with Gasteiger partial charge in [0.15, 0.2) is 16.8 Å². The third kappa shape index (κ3) is 3.41. The molecule has 142 valence electrons. The molecule has 2 aromatic carbocycles. The molecule has 0 aliphatic carbocycles. The first-order valence-electron chi connectivity index (χ1n) is 9.01. The first-order valence-corrected chi connectivity index (χ1v) is 9.99. The highest BCUT2D eigenvalue weighted by atomic mass is 32.2. The van der Waals surface area contributed by atoms with Crippen LogP contribution in [0.2, 0.25) is 0 Å². The molecule has 0 atom stereocenters. The number of nitrogens with one attached hydrogen (secondary N) is 1. The highest BCUT2D eigenvalue weighted by molar-refractivity contribution is 7.99. The minimum atomic E-state index is 0.0686. The molecule has 0 aliphatic heterocycles. The van der Waals surface area contributed by atoms with E-state index in [1.54, 1.807) is 13.3 Å². The van der Waals surface area contributed by atoms with Crippen molar-refractivity contribution < 1.29 is 9.53 Å². The Bertz CT molecular complexity index is 1120. The van der Waals surface area contributed by atoms with Crippen molar-refractivity contribution in [2.24, 2.45) is 0 Å². The van der Waals surface area contributed by atoms with Crippen molar-refractivity contribution in [3.8, 4) is 17.1 Å². The number of Topliss-reactive ketones (excluding diaryl/α,β-unsaturated/α-hetero) is 1. The number of hydrogen-bond donors (Lipinski definition) is 1. The van der Waals surface area contributed by atoms with E-state index in [1.807, 2.05) is 60.0 Å². The van der Waals surface area contributed by atoms with Crippen LogP contribution in [0.4, 0.5) is 0 Å². The summed E-state index contributed by atoms with van der Waals surface area (Å²) >= 11 is 1.41. The number of aromatic nitrogens is 4. The molecule has 2 aromatic heterocycles. The summed E-state index contributed by atoms with van der Waals surface area (Å²) in [7, 11) is 1.64. The SMILES string of the molecule is CCn1c(SCC(=O)c2c[nH]c3ccccc23)nnc1-c1ccc(OC)cc1. The standard InChI is InChI=1S/C21H20N4O2S/c1-3-25-20(14-8-10-15(27-2)11-9-14)23-24-21(25)28-13-19(26)17-12-22-18-7-5-4-6-16(17)18/h4-12,22H,3,13H2,1-2H3. The predicted octanol–water partition coefficient (Wildman–Crippen LogP) is 4.43. The maximum atomic E-state index is 12.7. The Labute approximate surface area is 166 Å². The zero-order valence-corrected chi connectivity index (χ0v) is 16.5. The van der Waals surface area contributed by atoms with Crippen molar-refractivity contribution in [2.45, 2.75) is 18.6 Å². The molecule has 1 N–H and O–H groups in total. The third-order valence-electron chi connectivity index (χ3n) is 4.60. The van der Waals surface area contributed by atoms with Crippen LogP contribution in [0, 0.1) is 0 Å². The number of carbonyl (C=O) groups excluding carboxylic acids is 1. The molecule has 0 bridgehead atoms. The molecule has 0 fully saturated rings. The van der Waals surface area contributed by atoms with Gasteiger partial charge in [0, 0.05) is 34.8 Å². The summed E-state index contributed by atoms with van der Waals surface area (Å²) in [6, 6.07) is 15.5. The second kappa shape index (κ2) is 7.90. The van der Waals surface area contributed by atoms with Gasteiger partial charge >= 0.3 is 0 Å².